The van der Waals surface area contributed by atoms with Gasteiger partial charge in [0.25, 0.3) is 0 Å². The Morgan fingerprint density at radius 1 is 1.35 bits per heavy atom. The van der Waals surface area contributed by atoms with Crippen molar-refractivity contribution in [3.63, 3.8) is 0 Å². The number of hydrogen-bond acceptors (Lipinski definition) is 2. The van der Waals surface area contributed by atoms with Crippen LogP contribution in [0.1, 0.15) is 24.5 Å². The lowest BCUT2D eigenvalue weighted by Gasteiger charge is -2.15. The fraction of sp³-hybridized carbons (Fsp3) is 0.500. The fourth-order valence-corrected chi connectivity index (χ4v) is 2.15. The Bertz CT molecular complexity index is 386. The molecule has 3 heteroatoms. The van der Waals surface area contributed by atoms with E-state index in [9.17, 15) is 9.90 Å². The van der Waals surface area contributed by atoms with Crippen LogP contribution in [0.25, 0.3) is 0 Å². The van der Waals surface area contributed by atoms with Gasteiger partial charge in [-0.3, -0.25) is 4.79 Å². The highest BCUT2D eigenvalue weighted by molar-refractivity contribution is 5.79. The summed E-state index contributed by atoms with van der Waals surface area (Å²) in [5.74, 6) is 0.116. The quantitative estimate of drug-likeness (QED) is 0.857. The van der Waals surface area contributed by atoms with Crippen LogP contribution in [0, 0.1) is 0 Å². The van der Waals surface area contributed by atoms with E-state index in [0.29, 0.717) is 25.9 Å². The molecule has 1 fully saturated rings. The molecule has 1 aliphatic rings. The number of hydrogen-bond donors (Lipinski definition) is 1. The molecule has 0 radical (unpaired) electrons. The summed E-state index contributed by atoms with van der Waals surface area (Å²) in [5.41, 5.74) is 2.34. The molecule has 1 saturated heterocycles. The first-order chi connectivity index (χ1) is 8.19. The lowest BCUT2D eigenvalue weighted by molar-refractivity contribution is -0.129. The maximum absolute atomic E-state index is 11.9. The standard InChI is InChI=1S/C14H19NO2/c1-2-11-3-5-12(6-4-11)9-14(17)15-8-7-13(16)10-15/h3-6,13,16H,2,7-10H2,1H3/t13-/m0/s1. The van der Waals surface area contributed by atoms with Crippen LogP contribution in [0.5, 0.6) is 0 Å². The number of aliphatic hydroxyl groups excluding tert-OH is 1. The monoisotopic (exact) mass is 233 g/mol. The van der Waals surface area contributed by atoms with Crippen LogP contribution in [0.15, 0.2) is 24.3 Å². The zero-order valence-electron chi connectivity index (χ0n) is 10.2. The summed E-state index contributed by atoms with van der Waals surface area (Å²) in [6.45, 7) is 3.30. The minimum atomic E-state index is -0.332. The van der Waals surface area contributed by atoms with E-state index in [4.69, 9.17) is 0 Å². The highest BCUT2D eigenvalue weighted by Gasteiger charge is 2.24. The summed E-state index contributed by atoms with van der Waals surface area (Å²) >= 11 is 0. The number of carbonyl (C=O) groups is 1. The van der Waals surface area contributed by atoms with Gasteiger partial charge in [0.2, 0.25) is 5.91 Å². The molecule has 17 heavy (non-hydrogen) atoms. The summed E-state index contributed by atoms with van der Waals surface area (Å²) in [6.07, 6.45) is 1.84. The van der Waals surface area contributed by atoms with Gasteiger partial charge >= 0.3 is 0 Å². The summed E-state index contributed by atoms with van der Waals surface area (Å²) in [7, 11) is 0. The summed E-state index contributed by atoms with van der Waals surface area (Å²) in [6, 6.07) is 8.18. The number of carbonyl (C=O) groups excluding carboxylic acids is 1. The predicted octanol–water partition coefficient (Wildman–Crippen LogP) is 1.38. The minimum Gasteiger partial charge on any atom is -0.391 e. The molecule has 92 valence electrons. The van der Waals surface area contributed by atoms with Crippen molar-refractivity contribution in [1.82, 2.24) is 4.90 Å². The van der Waals surface area contributed by atoms with Gasteiger partial charge in [-0.2, -0.15) is 0 Å². The molecular formula is C14H19NO2. The molecule has 3 nitrogen and oxygen atoms in total. The summed E-state index contributed by atoms with van der Waals surface area (Å²) < 4.78 is 0. The number of likely N-dealkylation sites (tertiary alicyclic amines) is 1. The van der Waals surface area contributed by atoms with E-state index in [2.05, 4.69) is 19.1 Å². The second-order valence-electron chi connectivity index (χ2n) is 4.63. The van der Waals surface area contributed by atoms with Gasteiger partial charge in [0.05, 0.1) is 12.5 Å². The number of benzene rings is 1. The van der Waals surface area contributed by atoms with E-state index in [1.165, 1.54) is 5.56 Å². The number of aliphatic hydroxyl groups is 1. The average Bonchev–Trinajstić information content (AvgIpc) is 2.77. The molecule has 1 aromatic carbocycles. The molecule has 0 aliphatic carbocycles. The normalized spacial score (nSPS) is 19.6. The fourth-order valence-electron chi connectivity index (χ4n) is 2.15. The first-order valence-corrected chi connectivity index (χ1v) is 6.22. The van der Waals surface area contributed by atoms with Crippen LogP contribution >= 0.6 is 0 Å². The van der Waals surface area contributed by atoms with Gasteiger partial charge in [0.1, 0.15) is 0 Å². The number of aryl methyl sites for hydroxylation is 1. The van der Waals surface area contributed by atoms with Gasteiger partial charge < -0.3 is 10.0 Å². The van der Waals surface area contributed by atoms with E-state index >= 15 is 0 Å². The van der Waals surface area contributed by atoms with Crippen molar-refractivity contribution in [2.45, 2.75) is 32.3 Å². The molecule has 1 aliphatic heterocycles. The molecule has 0 saturated carbocycles. The zero-order valence-corrected chi connectivity index (χ0v) is 10.2. The van der Waals surface area contributed by atoms with Crippen molar-refractivity contribution in [1.29, 1.82) is 0 Å². The molecule has 2 rings (SSSR count). The lowest BCUT2D eigenvalue weighted by Crippen LogP contribution is -2.30. The van der Waals surface area contributed by atoms with E-state index in [1.807, 2.05) is 12.1 Å². The van der Waals surface area contributed by atoms with Gasteiger partial charge in [-0.05, 0) is 24.0 Å². The zero-order chi connectivity index (χ0) is 12.3. The summed E-state index contributed by atoms with van der Waals surface area (Å²) in [5, 5.41) is 9.39. The van der Waals surface area contributed by atoms with Crippen molar-refractivity contribution in [2.24, 2.45) is 0 Å². The van der Waals surface area contributed by atoms with Gasteiger partial charge in [-0.25, -0.2) is 0 Å². The topological polar surface area (TPSA) is 40.5 Å². The Hall–Kier alpha value is -1.35. The largest absolute Gasteiger partial charge is 0.391 e. The number of β-amino-alcohol motifs (C(OH)–C–C–N with tert-alkyl or cyclic N) is 1. The van der Waals surface area contributed by atoms with Crippen molar-refractivity contribution in [2.75, 3.05) is 13.1 Å². The Morgan fingerprint density at radius 2 is 2.00 bits per heavy atom. The van der Waals surface area contributed by atoms with Gasteiger partial charge in [-0.1, -0.05) is 31.2 Å². The molecule has 0 bridgehead atoms. The SMILES string of the molecule is CCc1ccc(CC(=O)N2CC[C@H](O)C2)cc1. The maximum atomic E-state index is 11.9. The molecule has 0 unspecified atom stereocenters. The van der Waals surface area contributed by atoms with Gasteiger partial charge in [-0.15, -0.1) is 0 Å². The van der Waals surface area contributed by atoms with Crippen LogP contribution < -0.4 is 0 Å². The highest BCUT2D eigenvalue weighted by Crippen LogP contribution is 2.12. The Balaban J connectivity index is 1.93. The molecule has 0 spiro atoms. The predicted molar refractivity (Wildman–Crippen MR) is 66.7 cm³/mol. The Morgan fingerprint density at radius 3 is 2.53 bits per heavy atom. The van der Waals surface area contributed by atoms with Crippen LogP contribution in [0.2, 0.25) is 0 Å². The highest BCUT2D eigenvalue weighted by atomic mass is 16.3. The second kappa shape index (κ2) is 5.32. The number of rotatable bonds is 3. The van der Waals surface area contributed by atoms with Gasteiger partial charge in [0, 0.05) is 13.1 Å². The third-order valence-corrected chi connectivity index (χ3v) is 3.30. The summed E-state index contributed by atoms with van der Waals surface area (Å²) in [4.78, 5) is 13.7. The van der Waals surface area contributed by atoms with Crippen LogP contribution in [0.3, 0.4) is 0 Å². The van der Waals surface area contributed by atoms with Crippen molar-refractivity contribution in [3.05, 3.63) is 35.4 Å². The molecule has 0 aromatic heterocycles. The van der Waals surface area contributed by atoms with E-state index in [1.54, 1.807) is 4.90 Å². The average molecular weight is 233 g/mol. The molecule has 1 heterocycles. The molecule has 1 atom stereocenters. The Labute approximate surface area is 102 Å². The molecule has 1 aromatic rings. The smallest absolute Gasteiger partial charge is 0.227 e. The van der Waals surface area contributed by atoms with Gasteiger partial charge in [0.15, 0.2) is 0 Å². The molecule has 1 amide bonds. The van der Waals surface area contributed by atoms with E-state index in [-0.39, 0.29) is 12.0 Å². The van der Waals surface area contributed by atoms with Crippen LogP contribution in [-0.4, -0.2) is 35.1 Å². The van der Waals surface area contributed by atoms with Crippen LogP contribution in [0.4, 0.5) is 0 Å². The molecular weight excluding hydrogens is 214 g/mol. The first kappa shape index (κ1) is 12.1. The van der Waals surface area contributed by atoms with Crippen molar-refractivity contribution >= 4 is 5.91 Å². The number of amides is 1. The van der Waals surface area contributed by atoms with Crippen molar-refractivity contribution in [3.8, 4) is 0 Å². The molecule has 1 N–H and O–H groups in total. The maximum Gasteiger partial charge on any atom is 0.227 e. The van der Waals surface area contributed by atoms with E-state index < -0.39 is 0 Å². The third-order valence-electron chi connectivity index (χ3n) is 3.30. The minimum absolute atomic E-state index is 0.116. The Kier molecular flexibility index (Phi) is 3.79. The lowest BCUT2D eigenvalue weighted by atomic mass is 10.1. The first-order valence-electron chi connectivity index (χ1n) is 6.22. The van der Waals surface area contributed by atoms with Crippen LogP contribution in [-0.2, 0) is 17.6 Å². The number of nitrogens with zero attached hydrogens (tertiary/aromatic N) is 1. The second-order valence-corrected chi connectivity index (χ2v) is 4.63. The third kappa shape index (κ3) is 3.07. The van der Waals surface area contributed by atoms with E-state index in [0.717, 1.165) is 12.0 Å². The van der Waals surface area contributed by atoms with Crippen molar-refractivity contribution < 1.29 is 9.90 Å².